The maximum absolute atomic E-state index is 12.9. The molecular formula is C50H68N2O4. The van der Waals surface area contributed by atoms with Crippen LogP contribution in [0.15, 0.2) is 76.0 Å². The minimum atomic E-state index is -0.0354. The molecule has 7 rings (SSSR count). The predicted molar refractivity (Wildman–Crippen MR) is 230 cm³/mol. The van der Waals surface area contributed by atoms with Gasteiger partial charge in [0.1, 0.15) is 11.9 Å². The fourth-order valence-electron chi connectivity index (χ4n) is 12.0. The summed E-state index contributed by atoms with van der Waals surface area (Å²) in [7, 11) is 1.78. The third-order valence-corrected chi connectivity index (χ3v) is 15.2. The summed E-state index contributed by atoms with van der Waals surface area (Å²) in [5, 5.41) is 1.01. The normalized spacial score (nSPS) is 29.1. The number of aromatic nitrogens is 1. The van der Waals surface area contributed by atoms with Gasteiger partial charge in [-0.1, -0.05) is 71.6 Å². The van der Waals surface area contributed by atoms with Crippen molar-refractivity contribution in [3.63, 3.8) is 0 Å². The molecule has 56 heavy (non-hydrogen) atoms. The summed E-state index contributed by atoms with van der Waals surface area (Å²) in [5.41, 5.74) is 5.00. The number of hydrogen-bond donors (Lipinski definition) is 0. The van der Waals surface area contributed by atoms with Crippen LogP contribution < -0.4 is 10.3 Å². The van der Waals surface area contributed by atoms with E-state index < -0.39 is 0 Å². The Labute approximate surface area is 336 Å². The second-order valence-electron chi connectivity index (χ2n) is 19.1. The molecule has 0 N–H and O–H groups in total. The van der Waals surface area contributed by atoms with E-state index in [9.17, 15) is 9.59 Å². The van der Waals surface area contributed by atoms with Crippen LogP contribution in [0, 0.1) is 46.3 Å². The molecule has 0 spiro atoms. The number of aryl methyl sites for hydroxylation is 1. The Kier molecular flexibility index (Phi) is 12.6. The first kappa shape index (κ1) is 40.5. The van der Waals surface area contributed by atoms with Gasteiger partial charge in [0, 0.05) is 32.2 Å². The van der Waals surface area contributed by atoms with Gasteiger partial charge in [0.2, 0.25) is 0 Å². The second kappa shape index (κ2) is 17.4. The van der Waals surface area contributed by atoms with Crippen LogP contribution in [0.4, 0.5) is 5.69 Å². The second-order valence-corrected chi connectivity index (χ2v) is 19.1. The van der Waals surface area contributed by atoms with Crippen molar-refractivity contribution in [3.05, 3.63) is 82.2 Å². The Morgan fingerprint density at radius 3 is 2.52 bits per heavy atom. The number of benzene rings is 2. The molecule has 3 fully saturated rings. The number of ether oxygens (including phenoxy) is 2. The molecule has 0 radical (unpaired) electrons. The maximum Gasteiger partial charge on any atom is 0.306 e. The average Bonchev–Trinajstić information content (AvgIpc) is 3.54. The van der Waals surface area contributed by atoms with E-state index in [1.165, 1.54) is 51.4 Å². The molecule has 0 aliphatic heterocycles. The average molecular weight is 761 g/mol. The zero-order chi connectivity index (χ0) is 39.5. The number of unbranched alkanes of at least 4 members (excludes halogenated alkanes) is 2. The Hall–Kier alpha value is -3.67. The van der Waals surface area contributed by atoms with Crippen molar-refractivity contribution in [1.82, 2.24) is 4.57 Å². The highest BCUT2D eigenvalue weighted by atomic mass is 16.5. The predicted octanol–water partition coefficient (Wildman–Crippen LogP) is 12.2. The van der Waals surface area contributed by atoms with E-state index in [0.717, 1.165) is 102 Å². The van der Waals surface area contributed by atoms with Gasteiger partial charge in [-0.25, -0.2) is 0 Å². The van der Waals surface area contributed by atoms with Crippen LogP contribution in [-0.4, -0.2) is 29.5 Å². The summed E-state index contributed by atoms with van der Waals surface area (Å²) in [6.07, 6.45) is 21.8. The molecule has 8 atom stereocenters. The topological polar surface area (TPSA) is 69.9 Å². The van der Waals surface area contributed by atoms with E-state index in [2.05, 4.69) is 45.7 Å². The number of esters is 1. The van der Waals surface area contributed by atoms with Gasteiger partial charge in [-0.15, -0.1) is 0 Å². The lowest BCUT2D eigenvalue weighted by Crippen LogP contribution is -2.51. The Morgan fingerprint density at radius 1 is 0.911 bits per heavy atom. The zero-order valence-electron chi connectivity index (χ0n) is 35.2. The zero-order valence-corrected chi connectivity index (χ0v) is 35.2. The van der Waals surface area contributed by atoms with Crippen molar-refractivity contribution < 1.29 is 14.3 Å². The van der Waals surface area contributed by atoms with Gasteiger partial charge in [-0.2, -0.15) is 0 Å². The molecule has 0 unspecified atom stereocenters. The molecule has 0 saturated heterocycles. The lowest BCUT2D eigenvalue weighted by Gasteiger charge is -2.58. The molecule has 6 heteroatoms. The van der Waals surface area contributed by atoms with Crippen molar-refractivity contribution in [1.29, 1.82) is 0 Å². The molecule has 3 saturated carbocycles. The van der Waals surface area contributed by atoms with E-state index in [4.69, 9.17) is 9.47 Å². The molecule has 1 aromatic heterocycles. The number of carbonyl (C=O) groups is 1. The minimum Gasteiger partial charge on any atom is -0.494 e. The Morgan fingerprint density at radius 2 is 1.71 bits per heavy atom. The molecule has 4 aliphatic carbocycles. The van der Waals surface area contributed by atoms with Crippen molar-refractivity contribution >= 4 is 28.8 Å². The first-order valence-corrected chi connectivity index (χ1v) is 22.2. The van der Waals surface area contributed by atoms with Crippen molar-refractivity contribution in [3.8, 4) is 5.75 Å². The van der Waals surface area contributed by atoms with Gasteiger partial charge in [-0.05, 0) is 164 Å². The number of carbonyl (C=O) groups excluding carboxylic acids is 1. The summed E-state index contributed by atoms with van der Waals surface area (Å²) in [6.45, 7) is 13.2. The molecule has 1 heterocycles. The first-order chi connectivity index (χ1) is 26.9. The molecular weight excluding hydrogens is 693 g/mol. The van der Waals surface area contributed by atoms with Crippen LogP contribution >= 0.6 is 0 Å². The Bertz CT molecular complexity index is 1940. The Balaban J connectivity index is 0.810. The highest BCUT2D eigenvalue weighted by Crippen LogP contribution is 2.67. The lowest BCUT2D eigenvalue weighted by atomic mass is 9.47. The monoisotopic (exact) mass is 761 g/mol. The van der Waals surface area contributed by atoms with Crippen LogP contribution in [0.5, 0.6) is 5.75 Å². The van der Waals surface area contributed by atoms with E-state index in [-0.39, 0.29) is 23.0 Å². The molecule has 2 aromatic carbocycles. The number of allylic oxidation sites excluding steroid dienone is 1. The lowest BCUT2D eigenvalue weighted by molar-refractivity contribution is -0.151. The van der Waals surface area contributed by atoms with E-state index in [1.807, 2.05) is 54.7 Å². The van der Waals surface area contributed by atoms with Gasteiger partial charge in [0.25, 0.3) is 5.56 Å². The quantitative estimate of drug-likeness (QED) is 0.0669. The van der Waals surface area contributed by atoms with Gasteiger partial charge in [0.05, 0.1) is 17.8 Å². The van der Waals surface area contributed by atoms with E-state index in [0.29, 0.717) is 18.4 Å². The third kappa shape index (κ3) is 8.75. The molecule has 0 amide bonds. The molecule has 6 nitrogen and oxygen atoms in total. The van der Waals surface area contributed by atoms with Crippen LogP contribution in [0.1, 0.15) is 136 Å². The van der Waals surface area contributed by atoms with E-state index >= 15 is 0 Å². The molecule has 0 bridgehead atoms. The van der Waals surface area contributed by atoms with Gasteiger partial charge >= 0.3 is 5.97 Å². The van der Waals surface area contributed by atoms with Crippen LogP contribution in [-0.2, 0) is 16.6 Å². The summed E-state index contributed by atoms with van der Waals surface area (Å²) >= 11 is 0. The maximum atomic E-state index is 12.9. The summed E-state index contributed by atoms with van der Waals surface area (Å²) in [4.78, 5) is 29.6. The third-order valence-electron chi connectivity index (χ3n) is 15.2. The number of pyridine rings is 1. The van der Waals surface area contributed by atoms with Gasteiger partial charge in [0.15, 0.2) is 0 Å². The fourth-order valence-corrected chi connectivity index (χ4v) is 12.0. The van der Waals surface area contributed by atoms with Crippen molar-refractivity contribution in [2.45, 2.75) is 137 Å². The van der Waals surface area contributed by atoms with Gasteiger partial charge < -0.3 is 14.0 Å². The summed E-state index contributed by atoms with van der Waals surface area (Å²) < 4.78 is 13.8. The standard InChI is InChI=1S/C50H68N2O4/c1-34(2)11-10-12-35(3)43-23-24-44-42-22-18-38-31-41(26-28-49(38,4)45(42)27-29-50(43,44)5)56-48(54)13-8-7-9-30-55-40-20-14-36(15-21-40)33-51-39-19-16-37-17-25-47(53)52(6)46(37)32-39/h14-21,25,32-35,41-45H,7-13,22-24,26-31H2,1-6H3/t35-,41+,42+,43-,44+,45+,49+,50-/m1/s1. The van der Waals surface area contributed by atoms with Gasteiger partial charge in [-0.3, -0.25) is 14.6 Å². The summed E-state index contributed by atoms with van der Waals surface area (Å²) in [6, 6.07) is 17.2. The SMILES string of the molecule is CC(C)CCC[C@@H](C)[C@H]1CC[C@H]2[C@@H]3CC=C4C[C@@H](OC(=O)CCCCCOc5ccc(C=Nc6ccc7ccc(=O)n(C)c7c6)cc5)CC[C@]4(C)[C@H]3CC[C@]12C. The van der Waals surface area contributed by atoms with Crippen molar-refractivity contribution in [2.24, 2.45) is 58.4 Å². The molecule has 4 aliphatic rings. The van der Waals surface area contributed by atoms with Crippen LogP contribution in [0.25, 0.3) is 10.9 Å². The largest absolute Gasteiger partial charge is 0.494 e. The first-order valence-electron chi connectivity index (χ1n) is 22.2. The highest BCUT2D eigenvalue weighted by molar-refractivity contribution is 5.86. The molecule has 3 aromatic rings. The van der Waals surface area contributed by atoms with E-state index in [1.54, 1.807) is 23.3 Å². The molecule has 302 valence electrons. The number of aliphatic imine (C=N–C) groups is 1. The number of fused-ring (bicyclic) bond motifs is 6. The summed E-state index contributed by atoms with van der Waals surface area (Å²) in [5.74, 6) is 5.86. The van der Waals surface area contributed by atoms with Crippen LogP contribution in [0.3, 0.4) is 0 Å². The smallest absolute Gasteiger partial charge is 0.306 e. The highest BCUT2D eigenvalue weighted by Gasteiger charge is 2.59. The minimum absolute atomic E-state index is 0.0331. The number of hydrogen-bond acceptors (Lipinski definition) is 5. The fraction of sp³-hybridized carbons (Fsp3) is 0.620. The number of rotatable bonds is 15. The van der Waals surface area contributed by atoms with Crippen LogP contribution in [0.2, 0.25) is 0 Å². The van der Waals surface area contributed by atoms with Crippen molar-refractivity contribution in [2.75, 3.05) is 6.61 Å². The number of nitrogens with zero attached hydrogens (tertiary/aromatic N) is 2.